The number of hydrogen-bond acceptors (Lipinski definition) is 3. The van der Waals surface area contributed by atoms with Crippen molar-refractivity contribution in [1.29, 1.82) is 0 Å². The molecule has 2 heterocycles. The first-order valence-electron chi connectivity index (χ1n) is 8.53. The van der Waals surface area contributed by atoms with Crippen LogP contribution in [0, 0.1) is 11.6 Å². The Labute approximate surface area is 169 Å². The molecule has 142 valence electrons. The van der Waals surface area contributed by atoms with Crippen LogP contribution in [0.5, 0.6) is 0 Å². The summed E-state index contributed by atoms with van der Waals surface area (Å²) in [5.41, 5.74) is 2.06. The molecule has 0 aliphatic carbocycles. The van der Waals surface area contributed by atoms with Gasteiger partial charge in [-0.15, -0.1) is 11.3 Å². The van der Waals surface area contributed by atoms with E-state index < -0.39 is 17.7 Å². The molecule has 0 spiro atoms. The minimum absolute atomic E-state index is 0.204. The van der Waals surface area contributed by atoms with Crippen molar-refractivity contribution in [2.45, 2.75) is 13.0 Å². The Morgan fingerprint density at radius 3 is 2.54 bits per heavy atom. The largest absolute Gasteiger partial charge is 0.387 e. The van der Waals surface area contributed by atoms with E-state index in [0.29, 0.717) is 27.0 Å². The van der Waals surface area contributed by atoms with Crippen molar-refractivity contribution in [3.63, 3.8) is 0 Å². The van der Waals surface area contributed by atoms with Crippen LogP contribution in [0.3, 0.4) is 0 Å². The third kappa shape index (κ3) is 3.35. The molecule has 4 aromatic rings. The van der Waals surface area contributed by atoms with Gasteiger partial charge in [0.05, 0.1) is 33.1 Å². The minimum atomic E-state index is -0.884. The monoisotopic (exact) mass is 416 g/mol. The van der Waals surface area contributed by atoms with Crippen molar-refractivity contribution in [3.05, 3.63) is 83.0 Å². The second-order valence-corrected chi connectivity index (χ2v) is 7.75. The third-order valence-electron chi connectivity index (χ3n) is 4.31. The maximum absolute atomic E-state index is 14.2. The Morgan fingerprint density at radius 2 is 1.79 bits per heavy atom. The zero-order chi connectivity index (χ0) is 19.8. The lowest BCUT2D eigenvalue weighted by molar-refractivity contribution is 0.193. The molecule has 1 atom stereocenters. The summed E-state index contributed by atoms with van der Waals surface area (Å²) >= 11 is 7.64. The number of hydrogen-bond donors (Lipinski definition) is 1. The standard InChI is InChI=1S/C21H15ClF2N2OS/c1-12(27)16-11-18(26(25-16)17-8-3-2-6-14(17)22)20-10-9-19(28-20)13-5-4-7-15(23)21(13)24/h2-12,27H,1H3. The average molecular weight is 417 g/mol. The molecule has 1 N–H and O–H groups in total. The summed E-state index contributed by atoms with van der Waals surface area (Å²) in [5.74, 6) is -1.76. The fourth-order valence-corrected chi connectivity index (χ4v) is 4.14. The summed E-state index contributed by atoms with van der Waals surface area (Å²) in [6, 6.07) is 16.7. The molecule has 0 aliphatic heterocycles. The molecule has 0 fully saturated rings. The van der Waals surface area contributed by atoms with Gasteiger partial charge in [-0.05, 0) is 43.3 Å². The van der Waals surface area contributed by atoms with Gasteiger partial charge in [0.25, 0.3) is 0 Å². The van der Waals surface area contributed by atoms with Crippen molar-refractivity contribution in [3.8, 4) is 26.7 Å². The van der Waals surface area contributed by atoms with Gasteiger partial charge in [0, 0.05) is 10.4 Å². The first kappa shape index (κ1) is 18.8. The minimum Gasteiger partial charge on any atom is -0.387 e. The maximum atomic E-state index is 14.2. The molecule has 7 heteroatoms. The van der Waals surface area contributed by atoms with E-state index in [1.165, 1.54) is 17.4 Å². The average Bonchev–Trinajstić information content (AvgIpc) is 3.31. The molecule has 1 unspecified atom stereocenters. The van der Waals surface area contributed by atoms with Crippen molar-refractivity contribution < 1.29 is 13.9 Å². The van der Waals surface area contributed by atoms with Gasteiger partial charge in [-0.25, -0.2) is 13.5 Å². The van der Waals surface area contributed by atoms with E-state index in [2.05, 4.69) is 5.10 Å². The first-order valence-corrected chi connectivity index (χ1v) is 9.72. The molecule has 2 aromatic carbocycles. The zero-order valence-corrected chi connectivity index (χ0v) is 16.3. The normalized spacial score (nSPS) is 12.3. The summed E-state index contributed by atoms with van der Waals surface area (Å²) in [5, 5.41) is 15.0. The van der Waals surface area contributed by atoms with Gasteiger partial charge < -0.3 is 5.11 Å². The Morgan fingerprint density at radius 1 is 1.04 bits per heavy atom. The topological polar surface area (TPSA) is 38.0 Å². The van der Waals surface area contributed by atoms with Gasteiger partial charge in [-0.2, -0.15) is 5.10 Å². The lowest BCUT2D eigenvalue weighted by Crippen LogP contribution is -2.01. The van der Waals surface area contributed by atoms with Crippen LogP contribution < -0.4 is 0 Å². The highest BCUT2D eigenvalue weighted by Crippen LogP contribution is 2.38. The summed E-state index contributed by atoms with van der Waals surface area (Å²) in [6.07, 6.45) is -0.761. The van der Waals surface area contributed by atoms with Gasteiger partial charge in [-0.3, -0.25) is 0 Å². The number of benzene rings is 2. The van der Waals surface area contributed by atoms with E-state index >= 15 is 0 Å². The quantitative estimate of drug-likeness (QED) is 0.426. The number of aromatic nitrogens is 2. The molecule has 0 aliphatic rings. The van der Waals surface area contributed by atoms with Gasteiger partial charge in [-0.1, -0.05) is 35.9 Å². The molecular weight excluding hydrogens is 402 g/mol. The highest BCUT2D eigenvalue weighted by molar-refractivity contribution is 7.18. The van der Waals surface area contributed by atoms with Crippen molar-refractivity contribution >= 4 is 22.9 Å². The summed E-state index contributed by atoms with van der Waals surface area (Å²) in [7, 11) is 0. The SMILES string of the molecule is CC(O)c1cc(-c2ccc(-c3cccc(F)c3F)s2)n(-c2ccccc2Cl)n1. The second-order valence-electron chi connectivity index (χ2n) is 6.26. The Bertz CT molecular complexity index is 1150. The van der Waals surface area contributed by atoms with Crippen LogP contribution in [0.25, 0.3) is 26.7 Å². The molecule has 4 rings (SSSR count). The van der Waals surface area contributed by atoms with Gasteiger partial charge in [0.1, 0.15) is 0 Å². The second kappa shape index (κ2) is 7.47. The number of rotatable bonds is 4. The highest BCUT2D eigenvalue weighted by Gasteiger charge is 2.19. The Kier molecular flexibility index (Phi) is 5.02. The summed E-state index contributed by atoms with van der Waals surface area (Å²) < 4.78 is 29.4. The molecule has 28 heavy (non-hydrogen) atoms. The van der Waals surface area contributed by atoms with Crippen LogP contribution in [0.2, 0.25) is 5.02 Å². The number of halogens is 3. The number of thiophene rings is 1. The fraction of sp³-hybridized carbons (Fsp3) is 0.0952. The lowest BCUT2D eigenvalue weighted by atomic mass is 10.1. The van der Waals surface area contributed by atoms with Crippen molar-refractivity contribution in [2.75, 3.05) is 0 Å². The van der Waals surface area contributed by atoms with E-state index in [-0.39, 0.29) is 5.56 Å². The van der Waals surface area contributed by atoms with Gasteiger partial charge >= 0.3 is 0 Å². The number of aliphatic hydroxyl groups is 1. The fourth-order valence-electron chi connectivity index (χ4n) is 2.90. The number of nitrogens with zero attached hydrogens (tertiary/aromatic N) is 2. The molecule has 0 bridgehead atoms. The van der Waals surface area contributed by atoms with Crippen molar-refractivity contribution in [1.82, 2.24) is 9.78 Å². The smallest absolute Gasteiger partial charge is 0.167 e. The van der Waals surface area contributed by atoms with Crippen LogP contribution in [-0.4, -0.2) is 14.9 Å². The molecule has 0 saturated heterocycles. The predicted octanol–water partition coefficient (Wildman–Crippen LogP) is 6.25. The first-order chi connectivity index (χ1) is 13.5. The number of para-hydroxylation sites is 1. The van der Waals surface area contributed by atoms with Crippen LogP contribution in [0.1, 0.15) is 18.7 Å². The van der Waals surface area contributed by atoms with Crippen LogP contribution in [-0.2, 0) is 0 Å². The van der Waals surface area contributed by atoms with Crippen LogP contribution >= 0.6 is 22.9 Å². The summed E-state index contributed by atoms with van der Waals surface area (Å²) in [6.45, 7) is 1.63. The molecule has 0 saturated carbocycles. The van der Waals surface area contributed by atoms with E-state index in [4.69, 9.17) is 11.6 Å². The van der Waals surface area contributed by atoms with Gasteiger partial charge in [0.2, 0.25) is 0 Å². The van der Waals surface area contributed by atoms with E-state index in [9.17, 15) is 13.9 Å². The Balaban J connectivity index is 1.85. The number of aliphatic hydroxyl groups excluding tert-OH is 1. The molecule has 2 aromatic heterocycles. The zero-order valence-electron chi connectivity index (χ0n) is 14.7. The van der Waals surface area contributed by atoms with E-state index in [1.54, 1.807) is 35.9 Å². The molecule has 0 radical (unpaired) electrons. The van der Waals surface area contributed by atoms with E-state index in [0.717, 1.165) is 10.9 Å². The molecule has 0 amide bonds. The van der Waals surface area contributed by atoms with Crippen LogP contribution in [0.4, 0.5) is 8.78 Å². The summed E-state index contributed by atoms with van der Waals surface area (Å²) in [4.78, 5) is 1.38. The third-order valence-corrected chi connectivity index (χ3v) is 5.77. The van der Waals surface area contributed by atoms with E-state index in [1.807, 2.05) is 24.3 Å². The highest BCUT2D eigenvalue weighted by atomic mass is 35.5. The maximum Gasteiger partial charge on any atom is 0.167 e. The molecule has 3 nitrogen and oxygen atoms in total. The van der Waals surface area contributed by atoms with Crippen LogP contribution in [0.15, 0.2) is 60.7 Å². The lowest BCUT2D eigenvalue weighted by Gasteiger charge is -2.08. The Hall–Kier alpha value is -2.54. The van der Waals surface area contributed by atoms with Gasteiger partial charge in [0.15, 0.2) is 11.6 Å². The van der Waals surface area contributed by atoms with Crippen molar-refractivity contribution in [2.24, 2.45) is 0 Å². The predicted molar refractivity (Wildman–Crippen MR) is 108 cm³/mol. The molecular formula is C21H15ClF2N2OS.